The lowest BCUT2D eigenvalue weighted by Gasteiger charge is -2.10. The first-order valence-electron chi connectivity index (χ1n) is 6.85. The van der Waals surface area contributed by atoms with Crippen molar-refractivity contribution >= 4 is 41.2 Å². The molecule has 23 heavy (non-hydrogen) atoms. The minimum atomic E-state index is -0.514. The van der Waals surface area contributed by atoms with Crippen LogP contribution in [0.2, 0.25) is 10.0 Å². The van der Waals surface area contributed by atoms with Gasteiger partial charge in [0.2, 0.25) is 0 Å². The molecule has 0 bridgehead atoms. The van der Waals surface area contributed by atoms with E-state index >= 15 is 0 Å². The molecule has 3 rings (SSSR count). The van der Waals surface area contributed by atoms with E-state index < -0.39 is 11.9 Å². The van der Waals surface area contributed by atoms with Crippen molar-refractivity contribution in [2.24, 2.45) is 0 Å². The summed E-state index contributed by atoms with van der Waals surface area (Å²) >= 11 is 12.1. The number of hydrogen-bond acceptors (Lipinski definition) is 2. The fourth-order valence-electron chi connectivity index (χ4n) is 2.59. The molecule has 3 amide bonds. The fourth-order valence-corrected chi connectivity index (χ4v) is 2.89. The predicted octanol–water partition coefficient (Wildman–Crippen LogP) is 3.58. The summed E-state index contributed by atoms with van der Waals surface area (Å²) in [6.07, 6.45) is 1.65. The normalized spacial score (nSPS) is 15.9. The van der Waals surface area contributed by atoms with Crippen LogP contribution in [0.25, 0.3) is 11.8 Å². The number of rotatable bonds is 2. The Morgan fingerprint density at radius 2 is 1.78 bits per heavy atom. The maximum atomic E-state index is 11.6. The Labute approximate surface area is 142 Å². The molecule has 1 aliphatic heterocycles. The molecule has 1 fully saturated rings. The van der Waals surface area contributed by atoms with E-state index in [0.717, 1.165) is 22.6 Å². The van der Waals surface area contributed by atoms with Crippen LogP contribution in [0.5, 0.6) is 0 Å². The first-order valence-corrected chi connectivity index (χ1v) is 7.61. The summed E-state index contributed by atoms with van der Waals surface area (Å²) in [5.74, 6) is -0.436. The van der Waals surface area contributed by atoms with Crippen molar-refractivity contribution < 1.29 is 9.59 Å². The Bertz CT molecular complexity index is 868. The van der Waals surface area contributed by atoms with Gasteiger partial charge in [-0.05, 0) is 49.8 Å². The number of halogens is 2. The Morgan fingerprint density at radius 1 is 1.04 bits per heavy atom. The van der Waals surface area contributed by atoms with Crippen molar-refractivity contribution in [3.63, 3.8) is 0 Å². The predicted molar refractivity (Wildman–Crippen MR) is 89.9 cm³/mol. The summed E-state index contributed by atoms with van der Waals surface area (Å²) in [4.78, 5) is 22.8. The number of hydrogen-bond donors (Lipinski definition) is 2. The van der Waals surface area contributed by atoms with Crippen LogP contribution in [0.4, 0.5) is 4.79 Å². The smallest absolute Gasteiger partial charge is 0.318 e. The van der Waals surface area contributed by atoms with E-state index in [2.05, 4.69) is 10.6 Å². The van der Waals surface area contributed by atoms with Crippen molar-refractivity contribution in [1.29, 1.82) is 0 Å². The van der Waals surface area contributed by atoms with Gasteiger partial charge in [-0.15, -0.1) is 0 Å². The van der Waals surface area contributed by atoms with Gasteiger partial charge in [0.15, 0.2) is 0 Å². The minimum absolute atomic E-state index is 0.226. The van der Waals surface area contributed by atoms with Crippen molar-refractivity contribution in [3.8, 4) is 5.69 Å². The summed E-state index contributed by atoms with van der Waals surface area (Å²) in [7, 11) is 0. The molecule has 118 valence electrons. The maximum absolute atomic E-state index is 11.6. The van der Waals surface area contributed by atoms with E-state index in [0.29, 0.717) is 10.0 Å². The molecular weight excluding hydrogens is 337 g/mol. The largest absolute Gasteiger partial charge is 0.326 e. The van der Waals surface area contributed by atoms with Crippen LogP contribution in [0.15, 0.2) is 30.0 Å². The molecule has 2 N–H and O–H groups in total. The number of benzene rings is 1. The van der Waals surface area contributed by atoms with E-state index in [1.54, 1.807) is 18.2 Å². The van der Waals surface area contributed by atoms with Gasteiger partial charge in [-0.2, -0.15) is 0 Å². The van der Waals surface area contributed by atoms with Crippen molar-refractivity contribution in [2.45, 2.75) is 13.8 Å². The van der Waals surface area contributed by atoms with Gasteiger partial charge in [0.1, 0.15) is 5.70 Å². The van der Waals surface area contributed by atoms with E-state index in [1.165, 1.54) is 0 Å². The summed E-state index contributed by atoms with van der Waals surface area (Å²) in [6, 6.07) is 6.81. The summed E-state index contributed by atoms with van der Waals surface area (Å²) in [5, 5.41) is 5.62. The highest BCUT2D eigenvalue weighted by Gasteiger charge is 2.23. The molecule has 0 aliphatic carbocycles. The SMILES string of the molecule is Cc1cc(C=C2NC(=O)NC2=O)c(C)n1-c1ccc(Cl)c(Cl)c1. The molecule has 2 heterocycles. The molecular formula is C16H13Cl2N3O2. The number of nitrogens with one attached hydrogen (secondary N) is 2. The molecule has 1 saturated heterocycles. The number of aromatic nitrogens is 1. The first kappa shape index (κ1) is 15.6. The zero-order valence-electron chi connectivity index (χ0n) is 12.4. The first-order chi connectivity index (χ1) is 10.9. The van der Waals surface area contributed by atoms with Crippen molar-refractivity contribution in [2.75, 3.05) is 0 Å². The van der Waals surface area contributed by atoms with Crippen molar-refractivity contribution in [1.82, 2.24) is 15.2 Å². The third-order valence-corrected chi connectivity index (χ3v) is 4.39. The Kier molecular flexibility index (Phi) is 3.92. The summed E-state index contributed by atoms with van der Waals surface area (Å²) in [6.45, 7) is 3.88. The molecule has 7 heteroatoms. The zero-order chi connectivity index (χ0) is 16.7. The lowest BCUT2D eigenvalue weighted by atomic mass is 10.2. The second-order valence-electron chi connectivity index (χ2n) is 5.23. The highest BCUT2D eigenvalue weighted by atomic mass is 35.5. The zero-order valence-corrected chi connectivity index (χ0v) is 13.9. The Morgan fingerprint density at radius 3 is 2.39 bits per heavy atom. The number of carbonyl (C=O) groups is 2. The molecule has 0 unspecified atom stereocenters. The Hall–Kier alpha value is -2.24. The standard InChI is InChI=1S/C16H13Cl2N3O2/c1-8-5-10(6-14-15(22)20-16(23)19-14)9(2)21(8)11-3-4-12(17)13(18)7-11/h3-7H,1-2H3,(H2,19,20,22,23). The van der Waals surface area contributed by atoms with E-state index in [4.69, 9.17) is 23.2 Å². The number of amides is 3. The Balaban J connectivity index is 2.06. The molecule has 5 nitrogen and oxygen atoms in total. The van der Waals surface area contributed by atoms with E-state index in [1.807, 2.05) is 30.5 Å². The van der Waals surface area contributed by atoms with E-state index in [-0.39, 0.29) is 5.70 Å². The molecule has 0 radical (unpaired) electrons. The second-order valence-corrected chi connectivity index (χ2v) is 6.04. The maximum Gasteiger partial charge on any atom is 0.326 e. The molecule has 0 atom stereocenters. The molecule has 0 saturated carbocycles. The quantitative estimate of drug-likeness (QED) is 0.642. The number of carbonyl (C=O) groups excluding carboxylic acids is 2. The molecule has 0 spiro atoms. The molecule has 1 aliphatic rings. The highest BCUT2D eigenvalue weighted by molar-refractivity contribution is 6.42. The topological polar surface area (TPSA) is 63.1 Å². The van der Waals surface area contributed by atoms with E-state index in [9.17, 15) is 9.59 Å². The third-order valence-electron chi connectivity index (χ3n) is 3.65. The minimum Gasteiger partial charge on any atom is -0.318 e. The third kappa shape index (κ3) is 2.85. The molecule has 1 aromatic heterocycles. The molecule has 2 aromatic rings. The van der Waals surface area contributed by atoms with Gasteiger partial charge in [0.05, 0.1) is 10.0 Å². The fraction of sp³-hybridized carbons (Fsp3) is 0.125. The van der Waals surface area contributed by atoms with Crippen LogP contribution in [0.3, 0.4) is 0 Å². The van der Waals surface area contributed by atoms with Gasteiger partial charge in [-0.25, -0.2) is 4.79 Å². The second kappa shape index (κ2) is 5.76. The average molecular weight is 350 g/mol. The van der Waals surface area contributed by atoms with Crippen LogP contribution < -0.4 is 10.6 Å². The number of aryl methyl sites for hydroxylation is 1. The highest BCUT2D eigenvalue weighted by Crippen LogP contribution is 2.28. The van der Waals surface area contributed by atoms with Crippen LogP contribution in [0, 0.1) is 13.8 Å². The van der Waals surface area contributed by atoms with Gasteiger partial charge in [-0.3, -0.25) is 10.1 Å². The monoisotopic (exact) mass is 349 g/mol. The van der Waals surface area contributed by atoms with Gasteiger partial charge in [-0.1, -0.05) is 23.2 Å². The molecule has 1 aromatic carbocycles. The van der Waals surface area contributed by atoms with Crippen LogP contribution in [-0.4, -0.2) is 16.5 Å². The van der Waals surface area contributed by atoms with Crippen LogP contribution in [-0.2, 0) is 4.79 Å². The average Bonchev–Trinajstić information content (AvgIpc) is 2.93. The summed E-state index contributed by atoms with van der Waals surface area (Å²) < 4.78 is 2.00. The van der Waals surface area contributed by atoms with Crippen LogP contribution in [0.1, 0.15) is 17.0 Å². The summed E-state index contributed by atoms with van der Waals surface area (Å²) in [5.41, 5.74) is 3.82. The van der Waals surface area contributed by atoms with Gasteiger partial charge in [0, 0.05) is 17.1 Å². The number of imide groups is 1. The number of urea groups is 1. The van der Waals surface area contributed by atoms with Crippen molar-refractivity contribution in [3.05, 3.63) is 57.0 Å². The van der Waals surface area contributed by atoms with Gasteiger partial charge < -0.3 is 9.88 Å². The van der Waals surface area contributed by atoms with Crippen LogP contribution >= 0.6 is 23.2 Å². The number of nitrogens with zero attached hydrogens (tertiary/aromatic N) is 1. The lowest BCUT2D eigenvalue weighted by Crippen LogP contribution is -2.22. The van der Waals surface area contributed by atoms with Gasteiger partial charge in [0.25, 0.3) is 5.91 Å². The lowest BCUT2D eigenvalue weighted by molar-refractivity contribution is -0.115. The van der Waals surface area contributed by atoms with Gasteiger partial charge >= 0.3 is 6.03 Å².